The normalized spacial score (nSPS) is 16.5. The summed E-state index contributed by atoms with van der Waals surface area (Å²) >= 11 is 0. The molecule has 0 aromatic heterocycles. The lowest BCUT2D eigenvalue weighted by molar-refractivity contribution is -0.136. The number of aliphatic hydroxyl groups excluding tert-OH is 1. The molecule has 2 aromatic rings. The van der Waals surface area contributed by atoms with E-state index >= 15 is 0 Å². The number of benzene rings is 2. The molecule has 3 N–H and O–H groups in total. The quantitative estimate of drug-likeness (QED) is 0.610. The molecule has 9 nitrogen and oxygen atoms in total. The number of nitrogens with zero attached hydrogens (tertiary/aromatic N) is 1. The van der Waals surface area contributed by atoms with Crippen molar-refractivity contribution in [1.82, 2.24) is 5.32 Å². The number of hydrogen-bond acceptors (Lipinski definition) is 6. The Morgan fingerprint density at radius 2 is 1.91 bits per heavy atom. The van der Waals surface area contributed by atoms with Crippen molar-refractivity contribution in [2.24, 2.45) is 0 Å². The molecule has 0 spiro atoms. The summed E-state index contributed by atoms with van der Waals surface area (Å²) in [5.41, 5.74) is 4.01. The number of rotatable bonds is 5. The molecule has 9 heteroatoms. The van der Waals surface area contributed by atoms with Crippen molar-refractivity contribution in [3.05, 3.63) is 47.0 Å². The summed E-state index contributed by atoms with van der Waals surface area (Å²) in [5.74, 6) is -0.295. The summed E-state index contributed by atoms with van der Waals surface area (Å²) in [5, 5.41) is 15.5. The van der Waals surface area contributed by atoms with Crippen molar-refractivity contribution in [3.8, 4) is 11.5 Å². The predicted molar refractivity (Wildman–Crippen MR) is 115 cm³/mol. The van der Waals surface area contributed by atoms with Crippen LogP contribution in [-0.4, -0.2) is 42.7 Å². The highest BCUT2D eigenvalue weighted by Gasteiger charge is 2.32. The van der Waals surface area contributed by atoms with E-state index in [1.165, 1.54) is 0 Å². The van der Waals surface area contributed by atoms with Crippen molar-refractivity contribution < 1.29 is 29.0 Å². The molecule has 5 rings (SSSR count). The number of ether oxygens (including phenoxy) is 2. The number of aliphatic hydroxyl groups is 1. The van der Waals surface area contributed by atoms with E-state index in [1.807, 2.05) is 6.07 Å². The topological polar surface area (TPSA) is 117 Å². The Bertz CT molecular complexity index is 1120. The number of carbonyl (C=O) groups excluding carboxylic acids is 3. The third kappa shape index (κ3) is 3.75. The van der Waals surface area contributed by atoms with E-state index in [0.29, 0.717) is 29.2 Å². The first-order valence-corrected chi connectivity index (χ1v) is 10.6. The molecule has 166 valence electrons. The van der Waals surface area contributed by atoms with Crippen LogP contribution in [0.1, 0.15) is 35.6 Å². The zero-order valence-corrected chi connectivity index (χ0v) is 17.3. The summed E-state index contributed by atoms with van der Waals surface area (Å²) < 4.78 is 10.6. The van der Waals surface area contributed by atoms with Crippen LogP contribution in [0.4, 0.5) is 11.4 Å². The van der Waals surface area contributed by atoms with Crippen molar-refractivity contribution in [2.75, 3.05) is 30.1 Å². The molecule has 1 unspecified atom stereocenters. The largest absolute Gasteiger partial charge is 0.454 e. The summed E-state index contributed by atoms with van der Waals surface area (Å²) in [4.78, 5) is 38.5. The van der Waals surface area contributed by atoms with Crippen LogP contribution in [-0.2, 0) is 27.2 Å². The number of fused-ring (bicyclic) bond motifs is 1. The molecule has 0 bridgehead atoms. The molecule has 32 heavy (non-hydrogen) atoms. The van der Waals surface area contributed by atoms with Gasteiger partial charge in [0.25, 0.3) is 0 Å². The van der Waals surface area contributed by atoms with Crippen LogP contribution in [0.25, 0.3) is 0 Å². The van der Waals surface area contributed by atoms with Gasteiger partial charge in [-0.15, -0.1) is 0 Å². The van der Waals surface area contributed by atoms with Crippen LogP contribution in [0.3, 0.4) is 0 Å². The van der Waals surface area contributed by atoms with Gasteiger partial charge in [-0.1, -0.05) is 6.07 Å². The van der Waals surface area contributed by atoms with Gasteiger partial charge in [0.15, 0.2) is 11.5 Å². The Morgan fingerprint density at radius 3 is 2.78 bits per heavy atom. The second-order valence-electron chi connectivity index (χ2n) is 8.10. The van der Waals surface area contributed by atoms with E-state index < -0.39 is 17.9 Å². The summed E-state index contributed by atoms with van der Waals surface area (Å²) in [6.45, 7) is 1.01. The second kappa shape index (κ2) is 8.16. The zero-order chi connectivity index (χ0) is 22.2. The predicted octanol–water partition coefficient (Wildman–Crippen LogP) is 1.43. The lowest BCUT2D eigenvalue weighted by atomic mass is 9.99. The third-order valence-electron chi connectivity index (χ3n) is 5.96. The Hall–Kier alpha value is -3.59. The molecule has 3 heterocycles. The van der Waals surface area contributed by atoms with Gasteiger partial charge in [0.1, 0.15) is 0 Å². The first-order chi connectivity index (χ1) is 15.5. The highest BCUT2D eigenvalue weighted by molar-refractivity contribution is 6.39. The molecule has 1 atom stereocenters. The Kier molecular flexibility index (Phi) is 5.18. The van der Waals surface area contributed by atoms with Gasteiger partial charge in [0, 0.05) is 18.8 Å². The number of anilines is 2. The number of aryl methyl sites for hydroxylation is 1. The molecule has 3 aliphatic rings. The molecule has 0 aliphatic carbocycles. The highest BCUT2D eigenvalue weighted by Crippen LogP contribution is 2.39. The Balaban J connectivity index is 1.15. The fourth-order valence-electron chi connectivity index (χ4n) is 4.43. The first kappa shape index (κ1) is 20.3. The van der Waals surface area contributed by atoms with E-state index in [4.69, 9.17) is 9.47 Å². The first-order valence-electron chi connectivity index (χ1n) is 10.6. The monoisotopic (exact) mass is 437 g/mol. The maximum atomic E-state index is 12.3. The number of nitrogens with one attached hydrogen (secondary N) is 2. The van der Waals surface area contributed by atoms with E-state index in [-0.39, 0.29) is 25.7 Å². The fourth-order valence-corrected chi connectivity index (χ4v) is 4.43. The standard InChI is InChI=1S/C23H23N3O6/c27-17(13-3-4-18-19(10-13)32-12-31-18)5-6-24-22(29)23(30)25-16-8-14-2-1-7-26-20(28)11-15(9-16)21(14)26/h3-4,8-10,17,27H,1-2,5-7,11-12H2,(H,24,29)(H,25,30). The van der Waals surface area contributed by atoms with E-state index in [2.05, 4.69) is 10.6 Å². The van der Waals surface area contributed by atoms with E-state index in [0.717, 1.165) is 36.2 Å². The van der Waals surface area contributed by atoms with Gasteiger partial charge >= 0.3 is 11.8 Å². The fraction of sp³-hybridized carbons (Fsp3) is 0.348. The van der Waals surface area contributed by atoms with E-state index in [1.54, 1.807) is 29.2 Å². The molecule has 3 amide bonds. The van der Waals surface area contributed by atoms with Gasteiger partial charge in [0.2, 0.25) is 12.7 Å². The minimum atomic E-state index is -0.821. The number of amides is 3. The van der Waals surface area contributed by atoms with Crippen LogP contribution < -0.4 is 25.0 Å². The van der Waals surface area contributed by atoms with E-state index in [9.17, 15) is 19.5 Å². The number of carbonyl (C=O) groups is 3. The van der Waals surface area contributed by atoms with Crippen LogP contribution >= 0.6 is 0 Å². The van der Waals surface area contributed by atoms with Gasteiger partial charge in [-0.05, 0) is 60.2 Å². The maximum absolute atomic E-state index is 12.3. The van der Waals surface area contributed by atoms with Gasteiger partial charge in [-0.3, -0.25) is 14.4 Å². The van der Waals surface area contributed by atoms with Crippen molar-refractivity contribution >= 4 is 29.1 Å². The Morgan fingerprint density at radius 1 is 1.09 bits per heavy atom. The van der Waals surface area contributed by atoms with Gasteiger partial charge in [-0.2, -0.15) is 0 Å². The number of hydrogen-bond donors (Lipinski definition) is 3. The molecule has 0 saturated heterocycles. The SMILES string of the molecule is O=C(NCCC(O)c1ccc2c(c1)OCO2)C(=O)Nc1cc2c3c(c1)CC(=O)N3CCC2. The van der Waals surface area contributed by atoms with Crippen LogP contribution in [0.2, 0.25) is 0 Å². The van der Waals surface area contributed by atoms with Crippen molar-refractivity contribution in [3.63, 3.8) is 0 Å². The minimum Gasteiger partial charge on any atom is -0.454 e. The Labute approximate surface area is 184 Å². The molecule has 3 aliphatic heterocycles. The van der Waals surface area contributed by atoms with Gasteiger partial charge < -0.3 is 30.1 Å². The van der Waals surface area contributed by atoms with Crippen LogP contribution in [0.5, 0.6) is 11.5 Å². The lowest BCUT2D eigenvalue weighted by Crippen LogP contribution is -2.36. The minimum absolute atomic E-state index is 0.0724. The van der Waals surface area contributed by atoms with Crippen LogP contribution in [0, 0.1) is 0 Å². The third-order valence-corrected chi connectivity index (χ3v) is 5.96. The molecule has 0 fully saturated rings. The van der Waals surface area contributed by atoms with Crippen LogP contribution in [0.15, 0.2) is 30.3 Å². The average Bonchev–Trinajstić information content (AvgIpc) is 3.38. The molecular weight excluding hydrogens is 414 g/mol. The molecule has 2 aromatic carbocycles. The zero-order valence-electron chi connectivity index (χ0n) is 17.3. The molecule has 0 radical (unpaired) electrons. The summed E-state index contributed by atoms with van der Waals surface area (Å²) in [6.07, 6.45) is 1.44. The highest BCUT2D eigenvalue weighted by atomic mass is 16.7. The van der Waals surface area contributed by atoms with Crippen molar-refractivity contribution in [2.45, 2.75) is 31.8 Å². The lowest BCUT2D eigenvalue weighted by Gasteiger charge is -2.26. The average molecular weight is 437 g/mol. The summed E-state index contributed by atoms with van der Waals surface area (Å²) in [7, 11) is 0. The smallest absolute Gasteiger partial charge is 0.313 e. The van der Waals surface area contributed by atoms with Gasteiger partial charge in [0.05, 0.1) is 18.2 Å². The second-order valence-corrected chi connectivity index (χ2v) is 8.10. The maximum Gasteiger partial charge on any atom is 0.313 e. The molecular formula is C23H23N3O6. The van der Waals surface area contributed by atoms with Gasteiger partial charge in [-0.25, -0.2) is 0 Å². The summed E-state index contributed by atoms with van der Waals surface area (Å²) in [6, 6.07) is 8.75. The van der Waals surface area contributed by atoms with Crippen molar-refractivity contribution in [1.29, 1.82) is 0 Å². The molecule has 0 saturated carbocycles.